The van der Waals surface area contributed by atoms with E-state index in [1.807, 2.05) is 0 Å². The van der Waals surface area contributed by atoms with Gasteiger partial charge in [-0.05, 0) is 18.9 Å². The number of aromatic nitrogens is 1. The number of nitrogens with one attached hydrogen (secondary N) is 1. The topological polar surface area (TPSA) is 82.5 Å². The van der Waals surface area contributed by atoms with Crippen LogP contribution < -0.4 is 5.32 Å². The van der Waals surface area contributed by atoms with Crippen LogP contribution in [0.15, 0.2) is 18.5 Å². The van der Waals surface area contributed by atoms with Crippen molar-refractivity contribution in [3.8, 4) is 5.75 Å². The molecule has 1 aromatic heterocycles. The van der Waals surface area contributed by atoms with Crippen molar-refractivity contribution in [2.45, 2.75) is 25.8 Å². The zero-order chi connectivity index (χ0) is 13.8. The second-order valence-electron chi connectivity index (χ2n) is 4.70. The van der Waals surface area contributed by atoms with Crippen molar-refractivity contribution in [2.75, 3.05) is 13.1 Å². The first-order chi connectivity index (χ1) is 9.06. The van der Waals surface area contributed by atoms with Gasteiger partial charge in [0.15, 0.2) is 0 Å². The van der Waals surface area contributed by atoms with Crippen LogP contribution in [0.3, 0.4) is 0 Å². The van der Waals surface area contributed by atoms with Gasteiger partial charge in [0.1, 0.15) is 5.75 Å². The molecule has 2 rings (SSSR count). The first-order valence-electron chi connectivity index (χ1n) is 6.26. The fourth-order valence-electron chi connectivity index (χ4n) is 2.24. The molecular weight excluding hydrogens is 246 g/mol. The van der Waals surface area contributed by atoms with Gasteiger partial charge in [0.25, 0.3) is 5.91 Å². The van der Waals surface area contributed by atoms with Crippen LogP contribution in [0.5, 0.6) is 5.75 Å². The van der Waals surface area contributed by atoms with Crippen molar-refractivity contribution in [1.29, 1.82) is 0 Å². The van der Waals surface area contributed by atoms with Crippen molar-refractivity contribution in [3.63, 3.8) is 0 Å². The van der Waals surface area contributed by atoms with Gasteiger partial charge in [-0.3, -0.25) is 14.6 Å². The Morgan fingerprint density at radius 3 is 2.63 bits per heavy atom. The molecule has 0 unspecified atom stereocenters. The molecule has 0 saturated carbocycles. The van der Waals surface area contributed by atoms with Crippen LogP contribution >= 0.6 is 0 Å². The SMILES string of the molecule is CC(=O)NC1CCN(C(=O)c2cncc(O)c2)CC1. The lowest BCUT2D eigenvalue weighted by atomic mass is 10.0. The van der Waals surface area contributed by atoms with Gasteiger partial charge in [0.05, 0.1) is 11.8 Å². The molecule has 0 aliphatic carbocycles. The largest absolute Gasteiger partial charge is 0.506 e. The van der Waals surface area contributed by atoms with E-state index in [0.717, 1.165) is 12.8 Å². The highest BCUT2D eigenvalue weighted by molar-refractivity contribution is 5.94. The number of rotatable bonds is 2. The van der Waals surface area contributed by atoms with Gasteiger partial charge in [-0.2, -0.15) is 0 Å². The Labute approximate surface area is 111 Å². The highest BCUT2D eigenvalue weighted by atomic mass is 16.3. The van der Waals surface area contributed by atoms with Gasteiger partial charge in [-0.25, -0.2) is 0 Å². The zero-order valence-electron chi connectivity index (χ0n) is 10.8. The van der Waals surface area contributed by atoms with Crippen LogP contribution in [0, 0.1) is 0 Å². The number of carbonyl (C=O) groups excluding carboxylic acids is 2. The van der Waals surface area contributed by atoms with E-state index in [9.17, 15) is 14.7 Å². The third kappa shape index (κ3) is 3.43. The first kappa shape index (κ1) is 13.3. The average molecular weight is 263 g/mol. The third-order valence-electron chi connectivity index (χ3n) is 3.16. The normalized spacial score (nSPS) is 16.2. The Morgan fingerprint density at radius 1 is 1.37 bits per heavy atom. The van der Waals surface area contributed by atoms with E-state index in [0.29, 0.717) is 18.7 Å². The zero-order valence-corrected chi connectivity index (χ0v) is 10.8. The summed E-state index contributed by atoms with van der Waals surface area (Å²) in [6.07, 6.45) is 4.23. The van der Waals surface area contributed by atoms with Crippen molar-refractivity contribution < 1.29 is 14.7 Å². The Morgan fingerprint density at radius 2 is 2.05 bits per heavy atom. The highest BCUT2D eigenvalue weighted by Gasteiger charge is 2.24. The van der Waals surface area contributed by atoms with E-state index in [2.05, 4.69) is 10.3 Å². The van der Waals surface area contributed by atoms with Crippen molar-refractivity contribution in [3.05, 3.63) is 24.0 Å². The summed E-state index contributed by atoms with van der Waals surface area (Å²) in [5, 5.41) is 12.2. The summed E-state index contributed by atoms with van der Waals surface area (Å²) in [5.41, 5.74) is 0.387. The van der Waals surface area contributed by atoms with Gasteiger partial charge in [0, 0.05) is 32.3 Å². The summed E-state index contributed by atoms with van der Waals surface area (Å²) in [4.78, 5) is 28.6. The van der Waals surface area contributed by atoms with Gasteiger partial charge >= 0.3 is 0 Å². The van der Waals surface area contributed by atoms with Gasteiger partial charge in [-0.15, -0.1) is 0 Å². The minimum Gasteiger partial charge on any atom is -0.506 e. The predicted molar refractivity (Wildman–Crippen MR) is 68.6 cm³/mol. The number of hydrogen-bond donors (Lipinski definition) is 2. The standard InChI is InChI=1S/C13H17N3O3/c1-9(17)15-11-2-4-16(5-3-11)13(19)10-6-12(18)8-14-7-10/h6-8,11,18H,2-5H2,1H3,(H,15,17). The number of nitrogens with zero attached hydrogens (tertiary/aromatic N) is 2. The number of aromatic hydroxyl groups is 1. The summed E-state index contributed by atoms with van der Waals surface area (Å²) in [7, 11) is 0. The van der Waals surface area contributed by atoms with Crippen LogP contribution in [0.2, 0.25) is 0 Å². The summed E-state index contributed by atoms with van der Waals surface area (Å²) >= 11 is 0. The summed E-state index contributed by atoms with van der Waals surface area (Å²) in [6, 6.07) is 1.55. The summed E-state index contributed by atoms with van der Waals surface area (Å²) in [5.74, 6) is -0.189. The number of likely N-dealkylation sites (tertiary alicyclic amines) is 1. The van der Waals surface area contributed by atoms with Gasteiger partial charge < -0.3 is 15.3 Å². The molecule has 1 aromatic rings. The lowest BCUT2D eigenvalue weighted by Gasteiger charge is -2.32. The van der Waals surface area contributed by atoms with Crippen LogP contribution in [0.1, 0.15) is 30.1 Å². The minimum absolute atomic E-state index is 0.0148. The Balaban J connectivity index is 1.94. The third-order valence-corrected chi connectivity index (χ3v) is 3.16. The molecule has 19 heavy (non-hydrogen) atoms. The molecule has 0 aromatic carbocycles. The Bertz CT molecular complexity index is 482. The number of amides is 2. The van der Waals surface area contributed by atoms with E-state index in [4.69, 9.17) is 0 Å². The second-order valence-corrected chi connectivity index (χ2v) is 4.70. The molecular formula is C13H17N3O3. The van der Waals surface area contributed by atoms with Crippen LogP contribution in [0.4, 0.5) is 0 Å². The fraction of sp³-hybridized carbons (Fsp3) is 0.462. The van der Waals surface area contributed by atoms with E-state index >= 15 is 0 Å². The lowest BCUT2D eigenvalue weighted by molar-refractivity contribution is -0.119. The van der Waals surface area contributed by atoms with E-state index in [1.54, 1.807) is 4.90 Å². The Kier molecular flexibility index (Phi) is 3.99. The van der Waals surface area contributed by atoms with E-state index < -0.39 is 0 Å². The van der Waals surface area contributed by atoms with Crippen molar-refractivity contribution >= 4 is 11.8 Å². The smallest absolute Gasteiger partial charge is 0.255 e. The summed E-state index contributed by atoms with van der Waals surface area (Å²) in [6.45, 7) is 2.69. The number of hydrogen-bond acceptors (Lipinski definition) is 4. The number of carbonyl (C=O) groups is 2. The minimum atomic E-state index is -0.135. The van der Waals surface area contributed by atoms with Crippen molar-refractivity contribution in [1.82, 2.24) is 15.2 Å². The first-order valence-corrected chi connectivity index (χ1v) is 6.26. The van der Waals surface area contributed by atoms with Gasteiger partial charge in [0.2, 0.25) is 5.91 Å². The molecule has 102 valence electrons. The molecule has 1 aliphatic rings. The Hall–Kier alpha value is -2.11. The molecule has 2 N–H and O–H groups in total. The molecule has 1 fully saturated rings. The predicted octanol–water partition coefficient (Wildman–Crippen LogP) is 0.528. The maximum atomic E-state index is 12.2. The second kappa shape index (κ2) is 5.69. The molecule has 0 atom stereocenters. The molecule has 0 bridgehead atoms. The van der Waals surface area contributed by atoms with E-state index in [-0.39, 0.29) is 23.6 Å². The molecule has 2 amide bonds. The maximum absolute atomic E-state index is 12.2. The quantitative estimate of drug-likeness (QED) is 0.815. The maximum Gasteiger partial charge on any atom is 0.255 e. The molecule has 1 saturated heterocycles. The molecule has 1 aliphatic heterocycles. The fourth-order valence-corrected chi connectivity index (χ4v) is 2.24. The molecule has 2 heterocycles. The lowest BCUT2D eigenvalue weighted by Crippen LogP contribution is -2.46. The van der Waals surface area contributed by atoms with Crippen LogP contribution in [-0.4, -0.2) is 45.9 Å². The molecule has 0 spiro atoms. The average Bonchev–Trinajstić information content (AvgIpc) is 2.38. The number of pyridine rings is 1. The summed E-state index contributed by atoms with van der Waals surface area (Å²) < 4.78 is 0. The van der Waals surface area contributed by atoms with Crippen LogP contribution in [-0.2, 0) is 4.79 Å². The van der Waals surface area contributed by atoms with E-state index in [1.165, 1.54) is 25.4 Å². The molecule has 6 nitrogen and oxygen atoms in total. The highest BCUT2D eigenvalue weighted by Crippen LogP contribution is 2.16. The molecule has 6 heteroatoms. The van der Waals surface area contributed by atoms with Crippen LogP contribution in [0.25, 0.3) is 0 Å². The monoisotopic (exact) mass is 263 g/mol. The van der Waals surface area contributed by atoms with Crippen molar-refractivity contribution in [2.24, 2.45) is 0 Å². The van der Waals surface area contributed by atoms with Gasteiger partial charge in [-0.1, -0.05) is 0 Å². The number of piperidine rings is 1. The molecule has 0 radical (unpaired) electrons.